The molecule has 0 fully saturated rings. The molecule has 0 bridgehead atoms. The van der Waals surface area contributed by atoms with Crippen molar-refractivity contribution in [3.8, 4) is 44.9 Å². The van der Waals surface area contributed by atoms with Crippen molar-refractivity contribution in [1.82, 2.24) is 9.97 Å². The van der Waals surface area contributed by atoms with Crippen molar-refractivity contribution >= 4 is 21.5 Å². The van der Waals surface area contributed by atoms with Crippen LogP contribution in [0.4, 0.5) is 0 Å². The molecule has 0 spiro atoms. The van der Waals surface area contributed by atoms with E-state index in [9.17, 15) is 0 Å². The van der Waals surface area contributed by atoms with E-state index >= 15 is 0 Å². The van der Waals surface area contributed by atoms with Crippen LogP contribution in [-0.2, 0) is 0 Å². The third-order valence-electron chi connectivity index (χ3n) is 7.12. The molecule has 2 heteroatoms. The van der Waals surface area contributed by atoms with Gasteiger partial charge in [0.25, 0.3) is 0 Å². The van der Waals surface area contributed by atoms with E-state index < -0.39 is 0 Å². The van der Waals surface area contributed by atoms with E-state index in [1.807, 2.05) is 30.5 Å². The molecule has 2 nitrogen and oxygen atoms in total. The topological polar surface area (TPSA) is 25.8 Å². The van der Waals surface area contributed by atoms with Crippen molar-refractivity contribution in [2.24, 2.45) is 0 Å². The Kier molecular flexibility index (Phi) is 5.49. The summed E-state index contributed by atoms with van der Waals surface area (Å²) in [5.41, 5.74) is 8.70. The molecule has 0 unspecified atom stereocenters. The Morgan fingerprint density at radius 3 is 1.55 bits per heavy atom. The second-order valence-corrected chi connectivity index (χ2v) is 9.41. The molecule has 0 N–H and O–H groups in total. The lowest BCUT2D eigenvalue weighted by Crippen LogP contribution is -1.93. The van der Waals surface area contributed by atoms with E-state index in [0.29, 0.717) is 0 Å². The smallest absolute Gasteiger partial charge is 0.0893 e. The fourth-order valence-corrected chi connectivity index (χ4v) is 5.42. The van der Waals surface area contributed by atoms with Crippen molar-refractivity contribution in [2.45, 2.75) is 0 Å². The first-order chi connectivity index (χ1) is 18.9. The molecule has 0 aliphatic heterocycles. The second kappa shape index (κ2) is 9.42. The molecule has 0 atom stereocenters. The van der Waals surface area contributed by atoms with E-state index in [0.717, 1.165) is 22.6 Å². The SMILES string of the molecule is c1ccc(-c2c3ccccc3c(-c3ccccc3)c3cc(-c4cccc(-c5ccccn5)n4)ccc23)cc1. The maximum absolute atomic E-state index is 5.00. The Morgan fingerprint density at radius 1 is 0.342 bits per heavy atom. The van der Waals surface area contributed by atoms with Gasteiger partial charge in [0.15, 0.2) is 0 Å². The van der Waals surface area contributed by atoms with Crippen molar-refractivity contribution in [1.29, 1.82) is 0 Å². The lowest BCUT2D eigenvalue weighted by Gasteiger charge is -2.18. The van der Waals surface area contributed by atoms with Crippen LogP contribution >= 0.6 is 0 Å². The minimum absolute atomic E-state index is 0.870. The average molecular weight is 485 g/mol. The minimum atomic E-state index is 0.870. The zero-order valence-corrected chi connectivity index (χ0v) is 20.8. The Balaban J connectivity index is 1.55. The maximum Gasteiger partial charge on any atom is 0.0893 e. The molecule has 7 aromatic rings. The number of pyridine rings is 2. The zero-order valence-electron chi connectivity index (χ0n) is 20.8. The Bertz CT molecular complexity index is 1890. The summed E-state index contributed by atoms with van der Waals surface area (Å²) in [4.78, 5) is 9.51. The second-order valence-electron chi connectivity index (χ2n) is 9.41. The van der Waals surface area contributed by atoms with Crippen molar-refractivity contribution in [3.05, 3.63) is 146 Å². The first kappa shape index (κ1) is 22.1. The maximum atomic E-state index is 5.00. The van der Waals surface area contributed by atoms with Crippen LogP contribution in [0.15, 0.2) is 146 Å². The molecule has 0 aliphatic carbocycles. The van der Waals surface area contributed by atoms with Crippen molar-refractivity contribution < 1.29 is 0 Å². The van der Waals surface area contributed by atoms with Crippen molar-refractivity contribution in [3.63, 3.8) is 0 Å². The fourth-order valence-electron chi connectivity index (χ4n) is 5.42. The van der Waals surface area contributed by atoms with Crippen molar-refractivity contribution in [2.75, 3.05) is 0 Å². The van der Waals surface area contributed by atoms with Gasteiger partial charge in [-0.25, -0.2) is 4.98 Å². The van der Waals surface area contributed by atoms with E-state index in [1.165, 1.54) is 43.8 Å². The number of hydrogen-bond donors (Lipinski definition) is 0. The molecular formula is C36H24N2. The van der Waals surface area contributed by atoms with E-state index in [4.69, 9.17) is 4.98 Å². The lowest BCUT2D eigenvalue weighted by atomic mass is 9.85. The summed E-state index contributed by atoms with van der Waals surface area (Å²) in [6, 6.07) is 49.0. The first-order valence-corrected chi connectivity index (χ1v) is 12.8. The van der Waals surface area contributed by atoms with Crippen LogP contribution in [0.5, 0.6) is 0 Å². The Hall–Kier alpha value is -5.08. The highest BCUT2D eigenvalue weighted by molar-refractivity contribution is 6.21. The number of nitrogens with zero attached hydrogens (tertiary/aromatic N) is 2. The molecular weight excluding hydrogens is 460 g/mol. The standard InChI is InChI=1S/C36H24N2/c1-3-12-25(13-4-1)35-28-16-7-8-17-29(28)36(26-14-5-2-6-15-26)31-24-27(21-22-30(31)35)32-19-11-20-34(38-32)33-18-9-10-23-37-33/h1-24H. The van der Waals surface area contributed by atoms with Gasteiger partial charge in [-0.3, -0.25) is 4.98 Å². The summed E-state index contributed by atoms with van der Waals surface area (Å²) in [6.07, 6.45) is 1.81. The van der Waals surface area contributed by atoms with Gasteiger partial charge in [-0.15, -0.1) is 0 Å². The number of fused-ring (bicyclic) bond motifs is 2. The summed E-state index contributed by atoms with van der Waals surface area (Å²) < 4.78 is 0. The van der Waals surface area contributed by atoms with Gasteiger partial charge in [-0.2, -0.15) is 0 Å². The third kappa shape index (κ3) is 3.84. The van der Waals surface area contributed by atoms with Gasteiger partial charge in [0.05, 0.1) is 17.1 Å². The number of hydrogen-bond acceptors (Lipinski definition) is 2. The van der Waals surface area contributed by atoms with Crippen LogP contribution in [0.3, 0.4) is 0 Å². The van der Waals surface area contributed by atoms with Crippen LogP contribution in [0, 0.1) is 0 Å². The minimum Gasteiger partial charge on any atom is -0.255 e. The summed E-state index contributed by atoms with van der Waals surface area (Å²) in [5, 5.41) is 4.96. The van der Waals surface area contributed by atoms with Crippen LogP contribution < -0.4 is 0 Å². The molecule has 2 aromatic heterocycles. The number of rotatable bonds is 4. The molecule has 7 rings (SSSR count). The molecule has 178 valence electrons. The molecule has 38 heavy (non-hydrogen) atoms. The predicted molar refractivity (Wildman–Crippen MR) is 159 cm³/mol. The highest BCUT2D eigenvalue weighted by atomic mass is 14.8. The van der Waals surface area contributed by atoms with Gasteiger partial charge in [0, 0.05) is 11.8 Å². The molecule has 2 heterocycles. The summed E-state index contributed by atoms with van der Waals surface area (Å²) in [6.45, 7) is 0. The van der Waals surface area contributed by atoms with Gasteiger partial charge in [0.1, 0.15) is 0 Å². The van der Waals surface area contributed by atoms with E-state index in [2.05, 4.69) is 120 Å². The van der Waals surface area contributed by atoms with E-state index in [1.54, 1.807) is 0 Å². The van der Waals surface area contributed by atoms with Gasteiger partial charge in [0.2, 0.25) is 0 Å². The monoisotopic (exact) mass is 484 g/mol. The molecule has 5 aromatic carbocycles. The molecule has 0 aliphatic rings. The Labute approximate surface area is 221 Å². The first-order valence-electron chi connectivity index (χ1n) is 12.8. The van der Waals surface area contributed by atoms with E-state index in [-0.39, 0.29) is 0 Å². The normalized spacial score (nSPS) is 11.2. The number of benzene rings is 5. The van der Waals surface area contributed by atoms with Crippen LogP contribution in [0.25, 0.3) is 66.4 Å². The average Bonchev–Trinajstić information content (AvgIpc) is 3.01. The van der Waals surface area contributed by atoms with Gasteiger partial charge < -0.3 is 0 Å². The quantitative estimate of drug-likeness (QED) is 0.233. The number of aromatic nitrogens is 2. The highest BCUT2D eigenvalue weighted by Gasteiger charge is 2.17. The largest absolute Gasteiger partial charge is 0.255 e. The zero-order chi connectivity index (χ0) is 25.3. The molecule has 0 saturated carbocycles. The van der Waals surface area contributed by atoms with Gasteiger partial charge in [-0.1, -0.05) is 109 Å². The highest BCUT2D eigenvalue weighted by Crippen LogP contribution is 2.44. The van der Waals surface area contributed by atoms with Crippen LogP contribution in [-0.4, -0.2) is 9.97 Å². The summed E-state index contributed by atoms with van der Waals surface area (Å²) in [7, 11) is 0. The summed E-state index contributed by atoms with van der Waals surface area (Å²) >= 11 is 0. The lowest BCUT2D eigenvalue weighted by molar-refractivity contribution is 1.25. The fraction of sp³-hybridized carbons (Fsp3) is 0. The molecule has 0 radical (unpaired) electrons. The predicted octanol–water partition coefficient (Wildman–Crippen LogP) is 9.45. The molecule has 0 amide bonds. The summed E-state index contributed by atoms with van der Waals surface area (Å²) in [5.74, 6) is 0. The molecule has 0 saturated heterocycles. The third-order valence-corrected chi connectivity index (χ3v) is 7.12. The Morgan fingerprint density at radius 2 is 0.895 bits per heavy atom. The van der Waals surface area contributed by atoms with Gasteiger partial charge >= 0.3 is 0 Å². The van der Waals surface area contributed by atoms with Gasteiger partial charge in [-0.05, 0) is 74.1 Å². The van der Waals surface area contributed by atoms with Crippen LogP contribution in [0.2, 0.25) is 0 Å². The van der Waals surface area contributed by atoms with Crippen LogP contribution in [0.1, 0.15) is 0 Å².